The first-order valence-electron chi connectivity index (χ1n) is 7.18. The zero-order valence-corrected chi connectivity index (χ0v) is 13.7. The molecule has 2 aromatic rings. The Kier molecular flexibility index (Phi) is 3.93. The van der Waals surface area contributed by atoms with Crippen LogP contribution in [0.25, 0.3) is 11.4 Å². The minimum atomic E-state index is -0.204. The van der Waals surface area contributed by atoms with Crippen LogP contribution in [-0.2, 0) is 0 Å². The molecule has 3 rings (SSSR count). The van der Waals surface area contributed by atoms with Gasteiger partial charge < -0.3 is 5.32 Å². The highest BCUT2D eigenvalue weighted by molar-refractivity contribution is 9.10. The van der Waals surface area contributed by atoms with E-state index in [0.29, 0.717) is 17.3 Å². The summed E-state index contributed by atoms with van der Waals surface area (Å²) < 4.78 is 14.4. The molecule has 1 fully saturated rings. The Morgan fingerprint density at radius 1 is 1.33 bits per heavy atom. The third-order valence-electron chi connectivity index (χ3n) is 3.60. The minimum Gasteiger partial charge on any atom is -0.369 e. The van der Waals surface area contributed by atoms with Gasteiger partial charge in [0.05, 0.1) is 10.2 Å². The number of rotatable bonds is 4. The topological polar surface area (TPSA) is 37.8 Å². The average Bonchev–Trinajstić information content (AvgIpc) is 3.29. The van der Waals surface area contributed by atoms with E-state index in [0.717, 1.165) is 28.1 Å². The Labute approximate surface area is 132 Å². The lowest BCUT2D eigenvalue weighted by atomic mass is 10.1. The molecule has 3 nitrogen and oxygen atoms in total. The molecule has 0 spiro atoms. The molecule has 21 heavy (non-hydrogen) atoms. The number of aromatic nitrogens is 2. The first-order chi connectivity index (χ1) is 10.1. The third-order valence-corrected chi connectivity index (χ3v) is 4.38. The number of aryl methyl sites for hydroxylation is 1. The number of nitrogens with zero attached hydrogens (tertiary/aromatic N) is 2. The number of halogens is 2. The number of anilines is 1. The standard InChI is InChI=1S/C16H17BrFN3/c1-3-19-16-13(17)14(10-4-5-10)20-15(21-16)11-6-7-12(18)9(2)8-11/h6-8,10H,3-5H2,1-2H3,(H,19,20,21). The highest BCUT2D eigenvalue weighted by Gasteiger charge is 2.29. The largest absolute Gasteiger partial charge is 0.369 e. The second-order valence-electron chi connectivity index (χ2n) is 5.36. The van der Waals surface area contributed by atoms with E-state index in [2.05, 4.69) is 26.2 Å². The van der Waals surface area contributed by atoms with E-state index < -0.39 is 0 Å². The van der Waals surface area contributed by atoms with Crippen LogP contribution in [0.4, 0.5) is 10.2 Å². The van der Waals surface area contributed by atoms with E-state index in [9.17, 15) is 4.39 Å². The van der Waals surface area contributed by atoms with Crippen molar-refractivity contribution in [1.82, 2.24) is 9.97 Å². The molecule has 1 N–H and O–H groups in total. The van der Waals surface area contributed by atoms with E-state index in [-0.39, 0.29) is 5.82 Å². The molecule has 1 aromatic carbocycles. The Balaban J connectivity index is 2.10. The number of hydrogen-bond donors (Lipinski definition) is 1. The Bertz CT molecular complexity index is 683. The summed E-state index contributed by atoms with van der Waals surface area (Å²) in [5.74, 6) is 1.77. The zero-order valence-electron chi connectivity index (χ0n) is 12.1. The molecule has 0 atom stereocenters. The van der Waals surface area contributed by atoms with Crippen LogP contribution in [-0.4, -0.2) is 16.5 Å². The molecule has 1 aliphatic rings. The van der Waals surface area contributed by atoms with E-state index in [4.69, 9.17) is 4.98 Å². The molecule has 1 saturated carbocycles. The predicted octanol–water partition coefficient (Wildman–Crippen LogP) is 4.66. The van der Waals surface area contributed by atoms with E-state index >= 15 is 0 Å². The van der Waals surface area contributed by atoms with Gasteiger partial charge in [0.2, 0.25) is 0 Å². The van der Waals surface area contributed by atoms with Crippen LogP contribution in [0.3, 0.4) is 0 Å². The Morgan fingerprint density at radius 2 is 2.10 bits per heavy atom. The van der Waals surface area contributed by atoms with Gasteiger partial charge in [-0.05, 0) is 66.4 Å². The average molecular weight is 350 g/mol. The van der Waals surface area contributed by atoms with Crippen molar-refractivity contribution in [1.29, 1.82) is 0 Å². The van der Waals surface area contributed by atoms with E-state index in [1.165, 1.54) is 18.9 Å². The summed E-state index contributed by atoms with van der Waals surface area (Å²) in [7, 11) is 0. The summed E-state index contributed by atoms with van der Waals surface area (Å²) in [6, 6.07) is 5.00. The van der Waals surface area contributed by atoms with Gasteiger partial charge in [0.15, 0.2) is 5.82 Å². The maximum absolute atomic E-state index is 13.4. The van der Waals surface area contributed by atoms with Crippen molar-refractivity contribution in [3.8, 4) is 11.4 Å². The van der Waals surface area contributed by atoms with Crippen molar-refractivity contribution in [2.45, 2.75) is 32.6 Å². The number of hydrogen-bond acceptors (Lipinski definition) is 3. The van der Waals surface area contributed by atoms with Crippen LogP contribution in [0.15, 0.2) is 22.7 Å². The molecular weight excluding hydrogens is 333 g/mol. The van der Waals surface area contributed by atoms with E-state index in [1.54, 1.807) is 19.1 Å². The van der Waals surface area contributed by atoms with Crippen LogP contribution < -0.4 is 5.32 Å². The summed E-state index contributed by atoms with van der Waals surface area (Å²) >= 11 is 3.61. The molecule has 1 aromatic heterocycles. The zero-order chi connectivity index (χ0) is 15.0. The molecule has 0 amide bonds. The van der Waals surface area contributed by atoms with Gasteiger partial charge in [0.25, 0.3) is 0 Å². The predicted molar refractivity (Wildman–Crippen MR) is 86.0 cm³/mol. The quantitative estimate of drug-likeness (QED) is 0.871. The van der Waals surface area contributed by atoms with Crippen molar-refractivity contribution >= 4 is 21.7 Å². The molecule has 5 heteroatoms. The highest BCUT2D eigenvalue weighted by atomic mass is 79.9. The van der Waals surface area contributed by atoms with Gasteiger partial charge in [-0.1, -0.05) is 0 Å². The monoisotopic (exact) mass is 349 g/mol. The van der Waals surface area contributed by atoms with Crippen LogP contribution in [0.5, 0.6) is 0 Å². The van der Waals surface area contributed by atoms with Crippen molar-refractivity contribution in [2.75, 3.05) is 11.9 Å². The number of nitrogens with one attached hydrogen (secondary N) is 1. The summed E-state index contributed by atoms with van der Waals surface area (Å²) in [5, 5.41) is 3.26. The van der Waals surface area contributed by atoms with Gasteiger partial charge in [-0.3, -0.25) is 0 Å². The molecule has 0 aliphatic heterocycles. The first-order valence-corrected chi connectivity index (χ1v) is 7.97. The molecule has 1 heterocycles. The first kappa shape index (κ1) is 14.4. The molecule has 0 saturated heterocycles. The lowest BCUT2D eigenvalue weighted by Crippen LogP contribution is -2.06. The molecule has 0 bridgehead atoms. The summed E-state index contributed by atoms with van der Waals surface area (Å²) in [5.41, 5.74) is 2.51. The van der Waals surface area contributed by atoms with Crippen molar-refractivity contribution in [2.24, 2.45) is 0 Å². The molecule has 110 valence electrons. The molecule has 0 unspecified atom stereocenters. The lowest BCUT2D eigenvalue weighted by molar-refractivity contribution is 0.618. The minimum absolute atomic E-state index is 0.204. The summed E-state index contributed by atoms with van der Waals surface area (Å²) in [6.07, 6.45) is 2.34. The highest BCUT2D eigenvalue weighted by Crippen LogP contribution is 2.44. The van der Waals surface area contributed by atoms with Crippen molar-refractivity contribution < 1.29 is 4.39 Å². The second kappa shape index (κ2) is 5.72. The fourth-order valence-electron chi connectivity index (χ4n) is 2.29. The third kappa shape index (κ3) is 2.93. The van der Waals surface area contributed by atoms with Crippen LogP contribution in [0, 0.1) is 12.7 Å². The lowest BCUT2D eigenvalue weighted by Gasteiger charge is -2.12. The van der Waals surface area contributed by atoms with Gasteiger partial charge in [0, 0.05) is 18.0 Å². The van der Waals surface area contributed by atoms with Crippen molar-refractivity contribution in [3.05, 3.63) is 39.7 Å². The fourth-order valence-corrected chi connectivity index (χ4v) is 2.93. The second-order valence-corrected chi connectivity index (χ2v) is 6.16. The smallest absolute Gasteiger partial charge is 0.161 e. The summed E-state index contributed by atoms with van der Waals surface area (Å²) in [4.78, 5) is 9.28. The number of benzene rings is 1. The van der Waals surface area contributed by atoms with Gasteiger partial charge in [-0.15, -0.1) is 0 Å². The molecular formula is C16H17BrFN3. The summed E-state index contributed by atoms with van der Waals surface area (Å²) in [6.45, 7) is 4.58. The Morgan fingerprint density at radius 3 is 2.71 bits per heavy atom. The van der Waals surface area contributed by atoms with Gasteiger partial charge in [0.1, 0.15) is 11.6 Å². The SMILES string of the molecule is CCNc1nc(-c2ccc(F)c(C)c2)nc(C2CC2)c1Br. The van der Waals surface area contributed by atoms with Gasteiger partial charge >= 0.3 is 0 Å². The molecule has 1 aliphatic carbocycles. The maximum Gasteiger partial charge on any atom is 0.161 e. The Hall–Kier alpha value is -1.49. The van der Waals surface area contributed by atoms with Crippen LogP contribution in [0.1, 0.15) is 36.9 Å². The van der Waals surface area contributed by atoms with E-state index in [1.807, 2.05) is 6.92 Å². The molecule has 0 radical (unpaired) electrons. The van der Waals surface area contributed by atoms with Crippen LogP contribution >= 0.6 is 15.9 Å². The van der Waals surface area contributed by atoms with Gasteiger partial charge in [-0.2, -0.15) is 0 Å². The maximum atomic E-state index is 13.4. The van der Waals surface area contributed by atoms with Gasteiger partial charge in [-0.25, -0.2) is 14.4 Å². The van der Waals surface area contributed by atoms with Crippen molar-refractivity contribution in [3.63, 3.8) is 0 Å². The normalized spacial score (nSPS) is 14.3. The van der Waals surface area contributed by atoms with Crippen LogP contribution in [0.2, 0.25) is 0 Å². The fraction of sp³-hybridized carbons (Fsp3) is 0.375.